The summed E-state index contributed by atoms with van der Waals surface area (Å²) in [5.41, 5.74) is 1.05. The maximum atomic E-state index is 12.6. The molecule has 0 spiro atoms. The molecule has 0 bridgehead atoms. The fourth-order valence-electron chi connectivity index (χ4n) is 3.45. The minimum absolute atomic E-state index is 0.0828. The molecule has 0 unspecified atom stereocenters. The van der Waals surface area contributed by atoms with Crippen molar-refractivity contribution in [1.82, 2.24) is 15.1 Å². The molecule has 144 valence electrons. The van der Waals surface area contributed by atoms with E-state index >= 15 is 0 Å². The highest BCUT2D eigenvalue weighted by Gasteiger charge is 2.22. The predicted octanol–water partition coefficient (Wildman–Crippen LogP) is 2.44. The highest BCUT2D eigenvalue weighted by molar-refractivity contribution is 5.85. The van der Waals surface area contributed by atoms with E-state index in [0.717, 1.165) is 38.0 Å². The van der Waals surface area contributed by atoms with Crippen molar-refractivity contribution in [2.24, 2.45) is 0 Å². The van der Waals surface area contributed by atoms with E-state index in [1.54, 1.807) is 0 Å². The van der Waals surface area contributed by atoms with Gasteiger partial charge in [0, 0.05) is 32.7 Å². The number of rotatable bonds is 7. The molecule has 2 aromatic rings. The van der Waals surface area contributed by atoms with Gasteiger partial charge in [-0.2, -0.15) is 0 Å². The Balaban J connectivity index is 1.46. The Hall–Kier alpha value is -2.40. The fourth-order valence-corrected chi connectivity index (χ4v) is 3.45. The maximum Gasteiger partial charge on any atom is 0.234 e. The average molecular weight is 367 g/mol. The van der Waals surface area contributed by atoms with Gasteiger partial charge >= 0.3 is 0 Å². The number of nitrogens with zero attached hydrogens (tertiary/aromatic N) is 2. The standard InChI is InChI=1S/C22H29N3O2/c1-2-3-10-23-21(26)17-24-11-13-25(14-12-24)22(27)16-18-8-9-19-6-4-5-7-20(19)15-18/h4-9,15H,2-3,10-14,16-17H2,1H3,(H,23,26). The van der Waals surface area contributed by atoms with Gasteiger partial charge in [-0.15, -0.1) is 0 Å². The summed E-state index contributed by atoms with van der Waals surface area (Å²) in [4.78, 5) is 28.6. The summed E-state index contributed by atoms with van der Waals surface area (Å²) in [5.74, 6) is 0.247. The Kier molecular flexibility index (Phi) is 6.82. The number of carbonyl (C=O) groups excluding carboxylic acids is 2. The summed E-state index contributed by atoms with van der Waals surface area (Å²) in [6.07, 6.45) is 2.53. The normalized spacial score (nSPS) is 15.1. The van der Waals surface area contributed by atoms with Gasteiger partial charge in [0.15, 0.2) is 0 Å². The van der Waals surface area contributed by atoms with E-state index < -0.39 is 0 Å². The second-order valence-electron chi connectivity index (χ2n) is 7.22. The van der Waals surface area contributed by atoms with Gasteiger partial charge in [0.2, 0.25) is 11.8 Å². The Morgan fingerprint density at radius 2 is 1.74 bits per heavy atom. The minimum Gasteiger partial charge on any atom is -0.355 e. The lowest BCUT2D eigenvalue weighted by atomic mass is 10.0. The van der Waals surface area contributed by atoms with E-state index in [2.05, 4.69) is 41.4 Å². The number of benzene rings is 2. The lowest BCUT2D eigenvalue weighted by Gasteiger charge is -2.34. The first-order valence-electron chi connectivity index (χ1n) is 9.90. The molecule has 1 N–H and O–H groups in total. The van der Waals surface area contributed by atoms with Gasteiger partial charge in [0.25, 0.3) is 0 Å². The number of nitrogens with one attached hydrogen (secondary N) is 1. The van der Waals surface area contributed by atoms with Gasteiger partial charge < -0.3 is 10.2 Å². The van der Waals surface area contributed by atoms with Crippen LogP contribution < -0.4 is 5.32 Å². The third-order valence-electron chi connectivity index (χ3n) is 5.11. The Labute approximate surface area is 161 Å². The summed E-state index contributed by atoms with van der Waals surface area (Å²) < 4.78 is 0. The van der Waals surface area contributed by atoms with Crippen molar-refractivity contribution in [2.75, 3.05) is 39.3 Å². The van der Waals surface area contributed by atoms with Crippen LogP contribution in [0.25, 0.3) is 10.8 Å². The lowest BCUT2D eigenvalue weighted by molar-refractivity contribution is -0.132. The molecule has 2 amide bonds. The number of unbranched alkanes of at least 4 members (excludes halogenated alkanes) is 1. The van der Waals surface area contributed by atoms with Crippen molar-refractivity contribution in [3.05, 3.63) is 48.0 Å². The van der Waals surface area contributed by atoms with Gasteiger partial charge in [-0.1, -0.05) is 55.8 Å². The number of piperazine rings is 1. The van der Waals surface area contributed by atoms with Crippen molar-refractivity contribution in [1.29, 1.82) is 0 Å². The van der Waals surface area contributed by atoms with Crippen molar-refractivity contribution in [3.63, 3.8) is 0 Å². The second-order valence-corrected chi connectivity index (χ2v) is 7.22. The molecule has 1 saturated heterocycles. The van der Waals surface area contributed by atoms with Crippen molar-refractivity contribution in [2.45, 2.75) is 26.2 Å². The monoisotopic (exact) mass is 367 g/mol. The van der Waals surface area contributed by atoms with Gasteiger partial charge in [0.05, 0.1) is 13.0 Å². The molecule has 5 heteroatoms. The van der Waals surface area contributed by atoms with E-state index in [-0.39, 0.29) is 11.8 Å². The van der Waals surface area contributed by atoms with Crippen LogP contribution in [0.1, 0.15) is 25.3 Å². The molecule has 1 fully saturated rings. The summed E-state index contributed by atoms with van der Waals surface area (Å²) in [6, 6.07) is 14.4. The zero-order valence-corrected chi connectivity index (χ0v) is 16.1. The highest BCUT2D eigenvalue weighted by atomic mass is 16.2. The number of hydrogen-bond acceptors (Lipinski definition) is 3. The molecular weight excluding hydrogens is 338 g/mol. The lowest BCUT2D eigenvalue weighted by Crippen LogP contribution is -2.51. The summed E-state index contributed by atoms with van der Waals surface area (Å²) in [6.45, 7) is 6.18. The van der Waals surface area contributed by atoms with Crippen LogP contribution in [-0.2, 0) is 16.0 Å². The van der Waals surface area contributed by atoms with Crippen LogP contribution in [0, 0.1) is 0 Å². The van der Waals surface area contributed by atoms with Crippen molar-refractivity contribution >= 4 is 22.6 Å². The van der Waals surface area contributed by atoms with Crippen LogP contribution in [0.2, 0.25) is 0 Å². The third-order valence-corrected chi connectivity index (χ3v) is 5.11. The molecule has 1 heterocycles. The highest BCUT2D eigenvalue weighted by Crippen LogP contribution is 2.16. The molecule has 0 atom stereocenters. The Morgan fingerprint density at radius 1 is 1.00 bits per heavy atom. The quantitative estimate of drug-likeness (QED) is 0.765. The average Bonchev–Trinajstić information content (AvgIpc) is 2.68. The molecular formula is C22H29N3O2. The van der Waals surface area contributed by atoms with Crippen LogP contribution in [0.5, 0.6) is 0 Å². The minimum atomic E-state index is 0.0828. The molecule has 1 aliphatic heterocycles. The largest absolute Gasteiger partial charge is 0.355 e. The molecule has 0 saturated carbocycles. The number of hydrogen-bond donors (Lipinski definition) is 1. The molecule has 0 radical (unpaired) electrons. The zero-order chi connectivity index (χ0) is 19.1. The molecule has 5 nitrogen and oxygen atoms in total. The van der Waals surface area contributed by atoms with Crippen LogP contribution >= 0.6 is 0 Å². The van der Waals surface area contributed by atoms with Gasteiger partial charge in [-0.3, -0.25) is 14.5 Å². The SMILES string of the molecule is CCCCNC(=O)CN1CCN(C(=O)Cc2ccc3ccccc3c2)CC1. The molecule has 3 rings (SSSR count). The first-order valence-corrected chi connectivity index (χ1v) is 9.90. The van der Waals surface area contributed by atoms with Crippen molar-refractivity contribution < 1.29 is 9.59 Å². The van der Waals surface area contributed by atoms with Crippen LogP contribution in [0.3, 0.4) is 0 Å². The van der Waals surface area contributed by atoms with E-state index in [0.29, 0.717) is 26.1 Å². The van der Waals surface area contributed by atoms with E-state index in [4.69, 9.17) is 0 Å². The summed E-state index contributed by atoms with van der Waals surface area (Å²) in [7, 11) is 0. The predicted molar refractivity (Wildman–Crippen MR) is 109 cm³/mol. The number of fused-ring (bicyclic) bond motifs is 1. The first-order chi connectivity index (χ1) is 13.2. The molecule has 27 heavy (non-hydrogen) atoms. The zero-order valence-electron chi connectivity index (χ0n) is 16.1. The maximum absolute atomic E-state index is 12.6. The third kappa shape index (κ3) is 5.54. The van der Waals surface area contributed by atoms with Crippen LogP contribution in [-0.4, -0.2) is 60.9 Å². The second kappa shape index (κ2) is 9.51. The number of amides is 2. The molecule has 0 aromatic heterocycles. The van der Waals surface area contributed by atoms with Gasteiger partial charge in [0.1, 0.15) is 0 Å². The Morgan fingerprint density at radius 3 is 2.48 bits per heavy atom. The van der Waals surface area contributed by atoms with Crippen LogP contribution in [0.15, 0.2) is 42.5 Å². The van der Waals surface area contributed by atoms with E-state index in [9.17, 15) is 9.59 Å². The summed E-state index contributed by atoms with van der Waals surface area (Å²) in [5, 5.41) is 5.31. The van der Waals surface area contributed by atoms with Gasteiger partial charge in [-0.25, -0.2) is 0 Å². The molecule has 2 aromatic carbocycles. The van der Waals surface area contributed by atoms with E-state index in [1.807, 2.05) is 23.1 Å². The van der Waals surface area contributed by atoms with Crippen molar-refractivity contribution in [3.8, 4) is 0 Å². The van der Waals surface area contributed by atoms with E-state index in [1.165, 1.54) is 10.8 Å². The molecule has 0 aliphatic carbocycles. The molecule has 1 aliphatic rings. The smallest absolute Gasteiger partial charge is 0.234 e. The summed E-state index contributed by atoms with van der Waals surface area (Å²) >= 11 is 0. The topological polar surface area (TPSA) is 52.7 Å². The number of carbonyl (C=O) groups is 2. The first kappa shape index (κ1) is 19.4. The van der Waals surface area contributed by atoms with Gasteiger partial charge in [-0.05, 0) is 22.8 Å². The van der Waals surface area contributed by atoms with Crippen LogP contribution in [0.4, 0.5) is 0 Å². The fraction of sp³-hybridized carbons (Fsp3) is 0.455. The Bertz CT molecular complexity index is 782.